The van der Waals surface area contributed by atoms with E-state index in [-0.39, 0.29) is 44.5 Å². The van der Waals surface area contributed by atoms with Crippen molar-refractivity contribution in [3.05, 3.63) is 71.0 Å². The first-order valence-corrected chi connectivity index (χ1v) is 13.6. The lowest BCUT2D eigenvalue weighted by Crippen LogP contribution is -2.06. The first-order valence-electron chi connectivity index (χ1n) is 13.6. The highest BCUT2D eigenvalue weighted by atomic mass is 16.5. The van der Waals surface area contributed by atoms with Crippen LogP contribution >= 0.6 is 0 Å². The van der Waals surface area contributed by atoms with Crippen molar-refractivity contribution < 1.29 is 58.6 Å². The molecular formula is C32H36O12. The number of carboxylic acid groups (broad SMARTS) is 3. The number of hydrogen-bond acceptors (Lipinski definition) is 9. The molecule has 0 aliphatic rings. The number of aliphatic hydroxyl groups is 1. The molecule has 12 heteroatoms. The molecule has 2 aromatic rings. The molecule has 0 saturated carbocycles. The normalized spacial score (nSPS) is 11.7. The van der Waals surface area contributed by atoms with Crippen molar-refractivity contribution in [1.82, 2.24) is 0 Å². The third-order valence-corrected chi connectivity index (χ3v) is 6.02. The molecule has 0 unspecified atom stereocenters. The zero-order valence-corrected chi connectivity index (χ0v) is 24.5. The number of aliphatic hydroxyl groups excluding tert-OH is 1. The van der Waals surface area contributed by atoms with Crippen LogP contribution in [0.2, 0.25) is 0 Å². The highest BCUT2D eigenvalue weighted by Gasteiger charge is 2.14. The van der Waals surface area contributed by atoms with E-state index in [9.17, 15) is 24.3 Å². The first kappa shape index (κ1) is 34.9. The summed E-state index contributed by atoms with van der Waals surface area (Å²) >= 11 is 0. The van der Waals surface area contributed by atoms with E-state index in [1.54, 1.807) is 36.4 Å². The van der Waals surface area contributed by atoms with Gasteiger partial charge in [0.1, 0.15) is 5.76 Å². The van der Waals surface area contributed by atoms with Crippen molar-refractivity contribution in [3.8, 4) is 23.0 Å². The molecule has 44 heavy (non-hydrogen) atoms. The maximum Gasteiger partial charge on any atom is 0.303 e. The van der Waals surface area contributed by atoms with Crippen molar-refractivity contribution in [2.45, 2.75) is 38.5 Å². The molecule has 0 aliphatic carbocycles. The second-order valence-electron chi connectivity index (χ2n) is 9.30. The summed E-state index contributed by atoms with van der Waals surface area (Å²) in [5, 5.41) is 37.4. The Kier molecular flexibility index (Phi) is 14.5. The fraction of sp³-hybridized carbons (Fsp3) is 0.312. The van der Waals surface area contributed by atoms with Gasteiger partial charge in [0.15, 0.2) is 28.8 Å². The number of methoxy groups -OCH3 is 2. The summed E-state index contributed by atoms with van der Waals surface area (Å²) in [7, 11) is 2.88. The average Bonchev–Trinajstić information content (AvgIpc) is 2.99. The van der Waals surface area contributed by atoms with Gasteiger partial charge >= 0.3 is 17.9 Å². The van der Waals surface area contributed by atoms with Crippen LogP contribution in [0.5, 0.6) is 23.0 Å². The minimum absolute atomic E-state index is 0.0279. The monoisotopic (exact) mass is 612 g/mol. The topological polar surface area (TPSA) is 186 Å². The smallest absolute Gasteiger partial charge is 0.303 e. The number of ether oxygens (including phenoxy) is 4. The number of carbonyl (C=O) groups excluding carboxylic acids is 1. The molecule has 0 aromatic heterocycles. The molecule has 4 N–H and O–H groups in total. The number of ketones is 1. The summed E-state index contributed by atoms with van der Waals surface area (Å²) < 4.78 is 21.8. The van der Waals surface area contributed by atoms with Gasteiger partial charge in [-0.05, 0) is 66.8 Å². The Balaban J connectivity index is 2.20. The SMILES string of the molecule is COc1cc(/C=C/C(=O)C(CCC(=O)O)=C(O)/C=C/c2ccc(OCCCC(=O)O)c(OC)c2)ccc1OCCCC(=O)O. The molecule has 0 bridgehead atoms. The van der Waals surface area contributed by atoms with Crippen LogP contribution in [0.1, 0.15) is 49.7 Å². The standard InChI is InChI=1S/C32H36O12/c1-41-28-19-21(9-14-26(28)43-17-3-5-30(35)36)7-12-24(33)23(11-16-32(39)40)25(34)13-8-22-10-15-27(29(20-22)42-2)44-18-4-6-31(37)38/h7-10,12-15,19-20,33H,3-6,11,16-18H2,1-2H3,(H,35,36)(H,37,38)(H,39,40)/b12-7+,13-8+,24-23?. The van der Waals surface area contributed by atoms with Gasteiger partial charge in [-0.25, -0.2) is 0 Å². The quantitative estimate of drug-likeness (QED) is 0.0667. The Morgan fingerprint density at radius 3 is 1.50 bits per heavy atom. The van der Waals surface area contributed by atoms with Crippen LogP contribution in [0, 0.1) is 0 Å². The molecule has 0 atom stereocenters. The number of allylic oxidation sites excluding steroid dienone is 3. The van der Waals surface area contributed by atoms with Gasteiger partial charge in [0.25, 0.3) is 0 Å². The van der Waals surface area contributed by atoms with Crippen molar-refractivity contribution >= 4 is 35.8 Å². The third kappa shape index (κ3) is 12.3. The minimum Gasteiger partial charge on any atom is -0.508 e. The van der Waals surface area contributed by atoms with Crippen LogP contribution in [0.25, 0.3) is 12.2 Å². The summed E-state index contributed by atoms with van der Waals surface area (Å²) in [6.45, 7) is 0.364. The van der Waals surface area contributed by atoms with Crippen LogP contribution in [0.15, 0.2) is 59.9 Å². The number of carbonyl (C=O) groups is 4. The second kappa shape index (κ2) is 18.3. The molecule has 0 fully saturated rings. The van der Waals surface area contributed by atoms with Gasteiger partial charge in [0, 0.05) is 24.8 Å². The van der Waals surface area contributed by atoms with Crippen LogP contribution in [0.3, 0.4) is 0 Å². The van der Waals surface area contributed by atoms with Crippen molar-refractivity contribution in [3.63, 3.8) is 0 Å². The van der Waals surface area contributed by atoms with Gasteiger partial charge in [-0.15, -0.1) is 0 Å². The van der Waals surface area contributed by atoms with Crippen LogP contribution in [-0.2, 0) is 19.2 Å². The van der Waals surface area contributed by atoms with E-state index in [4.69, 9.17) is 34.3 Å². The molecule has 2 rings (SSSR count). The second-order valence-corrected chi connectivity index (χ2v) is 9.30. The zero-order chi connectivity index (χ0) is 32.5. The summed E-state index contributed by atoms with van der Waals surface area (Å²) in [6, 6.07) is 9.81. The molecule has 0 radical (unpaired) electrons. The first-order chi connectivity index (χ1) is 21.0. The molecular weight excluding hydrogens is 576 g/mol. The molecule has 0 aliphatic heterocycles. The number of carboxylic acids is 3. The van der Waals surface area contributed by atoms with E-state index in [1.165, 1.54) is 38.5 Å². The predicted molar refractivity (Wildman–Crippen MR) is 160 cm³/mol. The van der Waals surface area contributed by atoms with Gasteiger partial charge in [-0.1, -0.05) is 24.3 Å². The average molecular weight is 613 g/mol. The van der Waals surface area contributed by atoms with Crippen molar-refractivity contribution in [1.29, 1.82) is 0 Å². The van der Waals surface area contributed by atoms with Gasteiger partial charge in [0.2, 0.25) is 0 Å². The Labute approximate surface area is 254 Å². The van der Waals surface area contributed by atoms with E-state index in [0.717, 1.165) is 0 Å². The Morgan fingerprint density at radius 2 is 1.07 bits per heavy atom. The van der Waals surface area contributed by atoms with Gasteiger partial charge in [0.05, 0.1) is 27.4 Å². The number of rotatable bonds is 20. The maximum atomic E-state index is 13.0. The van der Waals surface area contributed by atoms with E-state index >= 15 is 0 Å². The molecule has 236 valence electrons. The summed E-state index contributed by atoms with van der Waals surface area (Å²) in [5.74, 6) is -2.41. The van der Waals surface area contributed by atoms with Crippen molar-refractivity contribution in [2.75, 3.05) is 27.4 Å². The third-order valence-electron chi connectivity index (χ3n) is 6.02. The zero-order valence-electron chi connectivity index (χ0n) is 24.5. The summed E-state index contributed by atoms with van der Waals surface area (Å²) in [4.78, 5) is 45.6. The predicted octanol–water partition coefficient (Wildman–Crippen LogP) is 5.16. The van der Waals surface area contributed by atoms with Gasteiger partial charge in [-0.2, -0.15) is 0 Å². The molecule has 12 nitrogen and oxygen atoms in total. The number of benzene rings is 2. The van der Waals surface area contributed by atoms with E-state index < -0.39 is 29.5 Å². The molecule has 0 amide bonds. The Morgan fingerprint density at radius 1 is 0.614 bits per heavy atom. The van der Waals surface area contributed by atoms with Crippen molar-refractivity contribution in [2.24, 2.45) is 0 Å². The highest BCUT2D eigenvalue weighted by molar-refractivity contribution is 6.07. The maximum absolute atomic E-state index is 13.0. The molecule has 2 aromatic carbocycles. The Hall–Kier alpha value is -5.26. The lowest BCUT2D eigenvalue weighted by Gasteiger charge is -2.11. The van der Waals surface area contributed by atoms with Crippen LogP contribution < -0.4 is 18.9 Å². The van der Waals surface area contributed by atoms with E-state index in [2.05, 4.69) is 0 Å². The Bertz CT molecular complexity index is 1400. The van der Waals surface area contributed by atoms with Gasteiger partial charge in [-0.3, -0.25) is 19.2 Å². The lowest BCUT2D eigenvalue weighted by atomic mass is 10.0. The largest absolute Gasteiger partial charge is 0.508 e. The summed E-state index contributed by atoms with van der Waals surface area (Å²) in [6.07, 6.45) is 5.49. The van der Waals surface area contributed by atoms with Crippen LogP contribution in [-0.4, -0.2) is 71.6 Å². The number of aliphatic carboxylic acids is 3. The fourth-order valence-electron chi connectivity index (χ4n) is 3.78. The highest BCUT2D eigenvalue weighted by Crippen LogP contribution is 2.30. The van der Waals surface area contributed by atoms with Gasteiger partial charge < -0.3 is 39.4 Å². The van der Waals surface area contributed by atoms with Crippen LogP contribution in [0.4, 0.5) is 0 Å². The number of hydrogen-bond donors (Lipinski definition) is 4. The fourth-order valence-corrected chi connectivity index (χ4v) is 3.78. The molecule has 0 heterocycles. The summed E-state index contributed by atoms with van der Waals surface area (Å²) in [5.41, 5.74) is 1.05. The molecule has 0 spiro atoms. The lowest BCUT2D eigenvalue weighted by molar-refractivity contribution is -0.138. The molecule has 0 saturated heterocycles. The van der Waals surface area contributed by atoms with E-state index in [1.807, 2.05) is 0 Å². The van der Waals surface area contributed by atoms with E-state index in [0.29, 0.717) is 47.0 Å². The minimum atomic E-state index is -1.14.